The number of hydrogen-bond acceptors (Lipinski definition) is 5. The third kappa shape index (κ3) is 5.94. The van der Waals surface area contributed by atoms with Gasteiger partial charge in [-0.25, -0.2) is 4.79 Å². The summed E-state index contributed by atoms with van der Waals surface area (Å²) in [4.78, 5) is 24.0. The second kappa shape index (κ2) is 9.55. The van der Waals surface area contributed by atoms with Crippen molar-refractivity contribution in [3.05, 3.63) is 70.8 Å². The maximum absolute atomic E-state index is 12.9. The summed E-state index contributed by atoms with van der Waals surface area (Å²) >= 11 is 0. The number of hydrogen-bond donors (Lipinski definition) is 0. The molecule has 0 saturated carbocycles. The van der Waals surface area contributed by atoms with E-state index < -0.39 is 23.5 Å². The van der Waals surface area contributed by atoms with E-state index in [-0.39, 0.29) is 30.1 Å². The minimum absolute atomic E-state index is 0.188. The predicted molar refractivity (Wildman–Crippen MR) is 97.9 cm³/mol. The lowest BCUT2D eigenvalue weighted by molar-refractivity contribution is -0.145. The van der Waals surface area contributed by atoms with Crippen LogP contribution in [-0.4, -0.2) is 25.0 Å². The molecule has 8 heteroatoms. The lowest BCUT2D eigenvalue weighted by atomic mass is 10.00. The molecule has 150 valence electrons. The van der Waals surface area contributed by atoms with E-state index in [1.807, 2.05) is 0 Å². The smallest absolute Gasteiger partial charge is 0.416 e. The van der Waals surface area contributed by atoms with Gasteiger partial charge in [0.05, 0.1) is 12.2 Å². The SMILES string of the molecule is CCOC(=O)COc1ccccc1/C=C(\C#N)C(=O)c1cccc(C(F)(F)F)c1. The van der Waals surface area contributed by atoms with Gasteiger partial charge in [0, 0.05) is 11.1 Å². The Morgan fingerprint density at radius 3 is 2.52 bits per heavy atom. The Morgan fingerprint density at radius 2 is 1.86 bits per heavy atom. The molecule has 0 spiro atoms. The highest BCUT2D eigenvalue weighted by atomic mass is 19.4. The quantitative estimate of drug-likeness (QED) is 0.296. The minimum Gasteiger partial charge on any atom is -0.481 e. The van der Waals surface area contributed by atoms with Crippen molar-refractivity contribution in [3.63, 3.8) is 0 Å². The van der Waals surface area contributed by atoms with Crippen LogP contribution >= 0.6 is 0 Å². The molecule has 2 rings (SSSR count). The van der Waals surface area contributed by atoms with Gasteiger partial charge >= 0.3 is 12.1 Å². The Labute approximate surface area is 165 Å². The van der Waals surface area contributed by atoms with Gasteiger partial charge in [0.1, 0.15) is 17.4 Å². The van der Waals surface area contributed by atoms with Crippen LogP contribution in [0.2, 0.25) is 0 Å². The first-order valence-electron chi connectivity index (χ1n) is 8.47. The number of esters is 1. The fourth-order valence-corrected chi connectivity index (χ4v) is 2.37. The normalized spacial score (nSPS) is 11.5. The van der Waals surface area contributed by atoms with Crippen molar-refractivity contribution < 1.29 is 32.2 Å². The van der Waals surface area contributed by atoms with Gasteiger partial charge in [-0.1, -0.05) is 30.3 Å². The van der Waals surface area contributed by atoms with Crippen LogP contribution in [0, 0.1) is 11.3 Å². The lowest BCUT2D eigenvalue weighted by Gasteiger charge is -2.10. The molecule has 5 nitrogen and oxygen atoms in total. The number of allylic oxidation sites excluding steroid dienone is 1. The molecular weight excluding hydrogens is 387 g/mol. The van der Waals surface area contributed by atoms with Gasteiger partial charge in [0.15, 0.2) is 6.61 Å². The number of ketones is 1. The monoisotopic (exact) mass is 403 g/mol. The first-order chi connectivity index (χ1) is 13.8. The van der Waals surface area contributed by atoms with E-state index in [4.69, 9.17) is 9.47 Å². The topological polar surface area (TPSA) is 76.4 Å². The number of para-hydroxylation sites is 1. The van der Waals surface area contributed by atoms with Crippen LogP contribution in [0.15, 0.2) is 54.1 Å². The average molecular weight is 403 g/mol. The second-order valence-electron chi connectivity index (χ2n) is 5.71. The number of rotatable bonds is 7. The molecule has 0 unspecified atom stereocenters. The highest BCUT2D eigenvalue weighted by Crippen LogP contribution is 2.30. The summed E-state index contributed by atoms with van der Waals surface area (Å²) < 4.78 is 48.7. The Hall–Kier alpha value is -3.60. The predicted octanol–water partition coefficient (Wildman–Crippen LogP) is 4.44. The van der Waals surface area contributed by atoms with Crippen LogP contribution in [-0.2, 0) is 15.7 Å². The Morgan fingerprint density at radius 1 is 1.14 bits per heavy atom. The summed E-state index contributed by atoms with van der Waals surface area (Å²) in [5.41, 5.74) is -1.32. The first-order valence-corrected chi connectivity index (χ1v) is 8.47. The zero-order valence-electron chi connectivity index (χ0n) is 15.3. The molecule has 0 radical (unpaired) electrons. The summed E-state index contributed by atoms with van der Waals surface area (Å²) in [6.45, 7) is 1.46. The minimum atomic E-state index is -4.61. The maximum Gasteiger partial charge on any atom is 0.416 e. The van der Waals surface area contributed by atoms with Gasteiger partial charge < -0.3 is 9.47 Å². The largest absolute Gasteiger partial charge is 0.481 e. The Balaban J connectivity index is 2.32. The number of benzene rings is 2. The maximum atomic E-state index is 12.9. The average Bonchev–Trinajstić information content (AvgIpc) is 2.70. The van der Waals surface area contributed by atoms with E-state index in [0.717, 1.165) is 12.1 Å². The summed E-state index contributed by atoms with van der Waals surface area (Å²) in [7, 11) is 0. The van der Waals surface area contributed by atoms with Gasteiger partial charge in [0.2, 0.25) is 5.78 Å². The number of nitriles is 1. The molecule has 2 aromatic carbocycles. The number of ether oxygens (including phenoxy) is 2. The van der Waals surface area contributed by atoms with E-state index in [2.05, 4.69) is 0 Å². The standard InChI is InChI=1S/C21H16F3NO4/c1-2-28-19(26)13-29-18-9-4-3-6-14(18)10-16(12-25)20(27)15-7-5-8-17(11-15)21(22,23)24/h3-11H,2,13H2,1H3/b16-10+. The summed E-state index contributed by atoms with van der Waals surface area (Å²) in [6.07, 6.45) is -3.41. The molecule has 2 aromatic rings. The number of Topliss-reactive ketones (excluding diaryl/α,β-unsaturated/α-hetero) is 1. The van der Waals surface area contributed by atoms with Crippen molar-refractivity contribution in [3.8, 4) is 11.8 Å². The Kier molecular flexibility index (Phi) is 7.15. The van der Waals surface area contributed by atoms with Crippen molar-refractivity contribution in [2.24, 2.45) is 0 Å². The molecule has 0 N–H and O–H groups in total. The second-order valence-corrected chi connectivity index (χ2v) is 5.71. The highest BCUT2D eigenvalue weighted by Gasteiger charge is 2.31. The third-order valence-corrected chi connectivity index (χ3v) is 3.69. The van der Waals surface area contributed by atoms with E-state index >= 15 is 0 Å². The highest BCUT2D eigenvalue weighted by molar-refractivity contribution is 6.14. The van der Waals surface area contributed by atoms with Crippen molar-refractivity contribution in [1.82, 2.24) is 0 Å². The lowest BCUT2D eigenvalue weighted by Crippen LogP contribution is -2.15. The van der Waals surface area contributed by atoms with Gasteiger partial charge in [-0.15, -0.1) is 0 Å². The molecular formula is C21H16F3NO4. The number of alkyl halides is 3. The molecule has 0 amide bonds. The van der Waals surface area contributed by atoms with Crippen molar-refractivity contribution in [1.29, 1.82) is 5.26 Å². The van der Waals surface area contributed by atoms with E-state index in [0.29, 0.717) is 11.6 Å². The Bertz CT molecular complexity index is 974. The van der Waals surface area contributed by atoms with Crippen molar-refractivity contribution >= 4 is 17.8 Å². The van der Waals surface area contributed by atoms with Crippen LogP contribution in [0.25, 0.3) is 6.08 Å². The zero-order valence-corrected chi connectivity index (χ0v) is 15.3. The third-order valence-electron chi connectivity index (χ3n) is 3.69. The molecule has 0 aliphatic rings. The summed E-state index contributed by atoms with van der Waals surface area (Å²) in [6, 6.07) is 11.8. The number of carbonyl (C=O) groups is 2. The molecule has 0 atom stereocenters. The van der Waals surface area contributed by atoms with Crippen molar-refractivity contribution in [2.45, 2.75) is 13.1 Å². The number of halogens is 3. The van der Waals surface area contributed by atoms with Gasteiger partial charge in [-0.2, -0.15) is 18.4 Å². The summed E-state index contributed by atoms with van der Waals surface area (Å²) in [5, 5.41) is 9.35. The molecule has 0 heterocycles. The fraction of sp³-hybridized carbons (Fsp3) is 0.190. The summed E-state index contributed by atoms with van der Waals surface area (Å²) in [5.74, 6) is -1.24. The number of nitrogens with zero attached hydrogens (tertiary/aromatic N) is 1. The van der Waals surface area contributed by atoms with Crippen LogP contribution in [0.3, 0.4) is 0 Å². The molecule has 0 saturated heterocycles. The van der Waals surface area contributed by atoms with E-state index in [9.17, 15) is 28.0 Å². The van der Waals surface area contributed by atoms with Gasteiger partial charge in [-0.05, 0) is 31.2 Å². The van der Waals surface area contributed by atoms with Crippen LogP contribution in [0.4, 0.5) is 13.2 Å². The van der Waals surface area contributed by atoms with Crippen LogP contribution in [0.5, 0.6) is 5.75 Å². The zero-order chi connectivity index (χ0) is 21.4. The van der Waals surface area contributed by atoms with Crippen LogP contribution in [0.1, 0.15) is 28.4 Å². The molecule has 0 fully saturated rings. The molecule has 29 heavy (non-hydrogen) atoms. The molecule has 0 bridgehead atoms. The van der Waals surface area contributed by atoms with E-state index in [1.165, 1.54) is 24.3 Å². The van der Waals surface area contributed by atoms with Gasteiger partial charge in [0.25, 0.3) is 0 Å². The molecule has 0 aliphatic carbocycles. The van der Waals surface area contributed by atoms with E-state index in [1.54, 1.807) is 25.1 Å². The number of carbonyl (C=O) groups excluding carboxylic acids is 2. The molecule has 0 aliphatic heterocycles. The van der Waals surface area contributed by atoms with Crippen molar-refractivity contribution in [2.75, 3.05) is 13.2 Å². The van der Waals surface area contributed by atoms with Gasteiger partial charge in [-0.3, -0.25) is 4.79 Å². The fourth-order valence-electron chi connectivity index (χ4n) is 2.37. The first kappa shape index (κ1) is 21.7. The molecule has 0 aromatic heterocycles. The van der Waals surface area contributed by atoms with Crippen LogP contribution < -0.4 is 4.74 Å².